The molecule has 4 heterocycles. The zero-order chi connectivity index (χ0) is 32.8. The molecule has 0 spiro atoms. The van der Waals surface area contributed by atoms with Crippen LogP contribution in [0.5, 0.6) is 0 Å². The maximum absolute atomic E-state index is 6.43. The summed E-state index contributed by atoms with van der Waals surface area (Å²) >= 11 is 0. The standard InChI is InChI=1S/C45H28N4O/c1-2-12-30(13-3-1)49-42(28-45(46-49)48-40-20-10-6-16-34(40)35-17-7-11-21-41(35)48)29-22-24-43-36(26-29)37-27-31(23-25-44(37)50-43)47-38-18-8-4-14-32(38)33-15-5-9-19-39(33)47/h1-28H. The number of fused-ring (bicyclic) bond motifs is 9. The molecule has 5 nitrogen and oxygen atoms in total. The molecule has 0 radical (unpaired) electrons. The average molecular weight is 641 g/mol. The van der Waals surface area contributed by atoms with Crippen molar-refractivity contribution < 1.29 is 4.42 Å². The smallest absolute Gasteiger partial charge is 0.160 e. The lowest BCUT2D eigenvalue weighted by Crippen LogP contribution is -2.01. The van der Waals surface area contributed by atoms with E-state index >= 15 is 0 Å². The second-order valence-electron chi connectivity index (χ2n) is 12.9. The van der Waals surface area contributed by atoms with Crippen LogP contribution in [0.25, 0.3) is 94.0 Å². The Bertz CT molecular complexity index is 2990. The highest BCUT2D eigenvalue weighted by Gasteiger charge is 2.20. The molecular formula is C45H28N4O. The van der Waals surface area contributed by atoms with Crippen LogP contribution in [0.2, 0.25) is 0 Å². The molecule has 0 bridgehead atoms. The molecule has 0 fully saturated rings. The van der Waals surface area contributed by atoms with E-state index in [2.05, 4.69) is 178 Å². The van der Waals surface area contributed by atoms with E-state index in [0.29, 0.717) is 0 Å². The summed E-state index contributed by atoms with van der Waals surface area (Å²) in [5, 5.41) is 12.4. The Morgan fingerprint density at radius 1 is 0.380 bits per heavy atom. The van der Waals surface area contributed by atoms with Crippen molar-refractivity contribution in [2.45, 2.75) is 0 Å². The molecule has 11 aromatic rings. The van der Waals surface area contributed by atoms with Crippen LogP contribution in [-0.2, 0) is 0 Å². The van der Waals surface area contributed by atoms with E-state index in [1.165, 1.54) is 32.6 Å². The minimum Gasteiger partial charge on any atom is -0.456 e. The van der Waals surface area contributed by atoms with Crippen molar-refractivity contribution >= 4 is 65.6 Å². The van der Waals surface area contributed by atoms with Crippen LogP contribution >= 0.6 is 0 Å². The summed E-state index contributed by atoms with van der Waals surface area (Å²) in [5.41, 5.74) is 10.5. The second kappa shape index (κ2) is 10.3. The minimum atomic E-state index is 0.858. The Morgan fingerprint density at radius 3 is 1.48 bits per heavy atom. The molecule has 0 amide bonds. The highest BCUT2D eigenvalue weighted by atomic mass is 16.3. The van der Waals surface area contributed by atoms with E-state index in [-0.39, 0.29) is 0 Å². The van der Waals surface area contributed by atoms with Crippen molar-refractivity contribution in [3.8, 4) is 28.5 Å². The van der Waals surface area contributed by atoms with Gasteiger partial charge in [-0.25, -0.2) is 4.68 Å². The van der Waals surface area contributed by atoms with Gasteiger partial charge in [-0.2, -0.15) is 0 Å². The first-order valence-corrected chi connectivity index (χ1v) is 16.9. The minimum absolute atomic E-state index is 0.858. The number of benzene rings is 7. The third-order valence-electron chi connectivity index (χ3n) is 10.1. The van der Waals surface area contributed by atoms with Gasteiger partial charge in [-0.05, 0) is 72.8 Å². The molecule has 5 heteroatoms. The lowest BCUT2D eigenvalue weighted by atomic mass is 10.1. The van der Waals surface area contributed by atoms with Gasteiger partial charge in [0, 0.05) is 49.6 Å². The summed E-state index contributed by atoms with van der Waals surface area (Å²) < 4.78 is 13.1. The van der Waals surface area contributed by atoms with Gasteiger partial charge in [-0.3, -0.25) is 4.57 Å². The Morgan fingerprint density at radius 2 is 0.880 bits per heavy atom. The Balaban J connectivity index is 1.14. The zero-order valence-electron chi connectivity index (χ0n) is 26.9. The molecule has 0 N–H and O–H groups in total. The third kappa shape index (κ3) is 3.86. The second-order valence-corrected chi connectivity index (χ2v) is 12.9. The number of hydrogen-bond acceptors (Lipinski definition) is 2. The quantitative estimate of drug-likeness (QED) is 0.192. The first kappa shape index (κ1) is 27.1. The number of hydrogen-bond donors (Lipinski definition) is 0. The Kier molecular flexibility index (Phi) is 5.60. The van der Waals surface area contributed by atoms with Gasteiger partial charge in [-0.15, -0.1) is 5.10 Å². The predicted molar refractivity (Wildman–Crippen MR) is 205 cm³/mol. The molecule has 11 rings (SSSR count). The molecule has 0 unspecified atom stereocenters. The largest absolute Gasteiger partial charge is 0.456 e. The van der Waals surface area contributed by atoms with Gasteiger partial charge in [0.25, 0.3) is 0 Å². The Labute approximate surface area is 286 Å². The molecule has 0 aliphatic heterocycles. The number of aromatic nitrogens is 4. The van der Waals surface area contributed by atoms with Crippen LogP contribution in [0, 0.1) is 0 Å². The zero-order valence-corrected chi connectivity index (χ0v) is 26.9. The van der Waals surface area contributed by atoms with E-state index in [9.17, 15) is 0 Å². The fourth-order valence-electron chi connectivity index (χ4n) is 7.88. The fraction of sp³-hybridized carbons (Fsp3) is 0. The van der Waals surface area contributed by atoms with Gasteiger partial charge in [0.05, 0.1) is 33.4 Å². The lowest BCUT2D eigenvalue weighted by molar-refractivity contribution is 0.669. The summed E-state index contributed by atoms with van der Waals surface area (Å²) in [7, 11) is 0. The van der Waals surface area contributed by atoms with Crippen molar-refractivity contribution in [3.63, 3.8) is 0 Å². The molecule has 4 aromatic heterocycles. The van der Waals surface area contributed by atoms with Crippen molar-refractivity contribution in [1.29, 1.82) is 0 Å². The van der Waals surface area contributed by atoms with Crippen LogP contribution in [0.4, 0.5) is 0 Å². The summed E-state index contributed by atoms with van der Waals surface area (Å²) in [6.45, 7) is 0. The summed E-state index contributed by atoms with van der Waals surface area (Å²) in [4.78, 5) is 0. The SMILES string of the molecule is c1ccc(-n2nc(-n3c4ccccc4c4ccccc43)cc2-c2ccc3oc4ccc(-n5c6ccccc6c6ccccc65)cc4c3c2)cc1. The van der Waals surface area contributed by atoms with Gasteiger partial charge in [0.15, 0.2) is 5.82 Å². The van der Waals surface area contributed by atoms with Crippen LogP contribution in [0.3, 0.4) is 0 Å². The average Bonchev–Trinajstić information content (AvgIpc) is 3.94. The van der Waals surface area contributed by atoms with Crippen molar-refractivity contribution in [2.24, 2.45) is 0 Å². The summed E-state index contributed by atoms with van der Waals surface area (Å²) in [5.74, 6) is 0.868. The van der Waals surface area contributed by atoms with Crippen molar-refractivity contribution in [2.75, 3.05) is 0 Å². The van der Waals surface area contributed by atoms with Crippen LogP contribution in [0.1, 0.15) is 0 Å². The van der Waals surface area contributed by atoms with E-state index in [0.717, 1.165) is 61.4 Å². The highest BCUT2D eigenvalue weighted by Crippen LogP contribution is 2.38. The topological polar surface area (TPSA) is 40.8 Å². The molecule has 7 aromatic carbocycles. The predicted octanol–water partition coefficient (Wildman–Crippen LogP) is 11.6. The highest BCUT2D eigenvalue weighted by molar-refractivity contribution is 6.11. The number of nitrogens with zero attached hydrogens (tertiary/aromatic N) is 4. The summed E-state index contributed by atoms with van der Waals surface area (Å²) in [6, 6.07) is 60.0. The molecule has 50 heavy (non-hydrogen) atoms. The van der Waals surface area contributed by atoms with E-state index in [1.807, 2.05) is 6.07 Å². The molecule has 0 aliphatic rings. The van der Waals surface area contributed by atoms with E-state index in [4.69, 9.17) is 9.52 Å². The Hall–Kier alpha value is -6.85. The molecule has 234 valence electrons. The summed E-state index contributed by atoms with van der Waals surface area (Å²) in [6.07, 6.45) is 0. The number of rotatable bonds is 4. The van der Waals surface area contributed by atoms with Crippen molar-refractivity contribution in [1.82, 2.24) is 18.9 Å². The maximum atomic E-state index is 6.43. The number of para-hydroxylation sites is 5. The fourth-order valence-corrected chi connectivity index (χ4v) is 7.88. The maximum Gasteiger partial charge on any atom is 0.160 e. The van der Waals surface area contributed by atoms with Gasteiger partial charge in [0.1, 0.15) is 11.2 Å². The molecular weight excluding hydrogens is 613 g/mol. The van der Waals surface area contributed by atoms with Crippen LogP contribution in [0.15, 0.2) is 174 Å². The normalized spacial score (nSPS) is 12.0. The van der Waals surface area contributed by atoms with Crippen LogP contribution in [-0.4, -0.2) is 18.9 Å². The van der Waals surface area contributed by atoms with Gasteiger partial charge in [0.2, 0.25) is 0 Å². The molecule has 0 saturated heterocycles. The lowest BCUT2D eigenvalue weighted by Gasteiger charge is -2.08. The van der Waals surface area contributed by atoms with Crippen molar-refractivity contribution in [3.05, 3.63) is 170 Å². The molecule has 0 aliphatic carbocycles. The first-order chi connectivity index (χ1) is 24.8. The number of furan rings is 1. The molecule has 0 saturated carbocycles. The first-order valence-electron chi connectivity index (χ1n) is 16.9. The van der Waals surface area contributed by atoms with Gasteiger partial charge < -0.3 is 8.98 Å². The molecule has 0 atom stereocenters. The van der Waals surface area contributed by atoms with Gasteiger partial charge >= 0.3 is 0 Å². The van der Waals surface area contributed by atoms with Crippen LogP contribution < -0.4 is 0 Å². The third-order valence-corrected chi connectivity index (χ3v) is 10.1. The van der Waals surface area contributed by atoms with Gasteiger partial charge in [-0.1, -0.05) is 91.0 Å². The van der Waals surface area contributed by atoms with E-state index in [1.54, 1.807) is 0 Å². The van der Waals surface area contributed by atoms with E-state index < -0.39 is 0 Å². The monoisotopic (exact) mass is 640 g/mol.